The highest BCUT2D eigenvalue weighted by Crippen LogP contribution is 2.42. The standard InChI is InChI=1S/C18H25N5O4/c1-27-10-15(25)23-5-2-13-16(21-11-20-13)18(23)3-6-22(7-4-18)17(26)12-8-14(24)19-9-12/h11-12H,2-10H2,1H3,(H,19,24)(H,20,21). The quantitative estimate of drug-likeness (QED) is 0.733. The van der Waals surface area contributed by atoms with Gasteiger partial charge in [-0.1, -0.05) is 0 Å². The lowest BCUT2D eigenvalue weighted by Gasteiger charge is -2.50. The van der Waals surface area contributed by atoms with Gasteiger partial charge in [0.25, 0.3) is 0 Å². The molecule has 146 valence electrons. The van der Waals surface area contributed by atoms with Crippen molar-refractivity contribution in [3.8, 4) is 0 Å². The Balaban J connectivity index is 1.54. The van der Waals surface area contributed by atoms with Crippen LogP contribution in [0.4, 0.5) is 0 Å². The smallest absolute Gasteiger partial charge is 0.249 e. The number of hydrogen-bond donors (Lipinski definition) is 2. The fourth-order valence-electron chi connectivity index (χ4n) is 4.68. The van der Waals surface area contributed by atoms with Crippen molar-refractivity contribution in [3.05, 3.63) is 17.7 Å². The first-order chi connectivity index (χ1) is 13.0. The van der Waals surface area contributed by atoms with Crippen molar-refractivity contribution in [2.75, 3.05) is 39.9 Å². The van der Waals surface area contributed by atoms with E-state index >= 15 is 0 Å². The fraction of sp³-hybridized carbons (Fsp3) is 0.667. The summed E-state index contributed by atoms with van der Waals surface area (Å²) in [5.41, 5.74) is 1.49. The lowest BCUT2D eigenvalue weighted by molar-refractivity contribution is -0.148. The number of likely N-dealkylation sites (tertiary alicyclic amines) is 1. The fourth-order valence-corrected chi connectivity index (χ4v) is 4.68. The first kappa shape index (κ1) is 18.0. The number of aromatic nitrogens is 2. The number of ether oxygens (including phenoxy) is 1. The van der Waals surface area contributed by atoms with Gasteiger partial charge in [0.05, 0.1) is 23.5 Å². The zero-order valence-corrected chi connectivity index (χ0v) is 15.5. The average molecular weight is 375 g/mol. The number of piperidine rings is 1. The summed E-state index contributed by atoms with van der Waals surface area (Å²) < 4.78 is 5.07. The van der Waals surface area contributed by atoms with Crippen LogP contribution in [0.15, 0.2) is 6.33 Å². The molecule has 2 saturated heterocycles. The second-order valence-corrected chi connectivity index (χ2v) is 7.52. The van der Waals surface area contributed by atoms with Gasteiger partial charge in [-0.2, -0.15) is 0 Å². The van der Waals surface area contributed by atoms with E-state index in [-0.39, 0.29) is 36.7 Å². The first-order valence-electron chi connectivity index (χ1n) is 9.43. The van der Waals surface area contributed by atoms with Crippen LogP contribution < -0.4 is 5.32 Å². The Morgan fingerprint density at radius 3 is 2.78 bits per heavy atom. The van der Waals surface area contributed by atoms with Crippen LogP contribution in [-0.4, -0.2) is 77.4 Å². The minimum atomic E-state index is -0.496. The Kier molecular flexibility index (Phi) is 4.63. The van der Waals surface area contributed by atoms with Gasteiger partial charge in [0.2, 0.25) is 17.7 Å². The maximum absolute atomic E-state index is 12.7. The largest absolute Gasteiger partial charge is 0.375 e. The number of methoxy groups -OCH3 is 1. The van der Waals surface area contributed by atoms with Crippen LogP contribution in [0.5, 0.6) is 0 Å². The number of aromatic amines is 1. The number of amides is 3. The van der Waals surface area contributed by atoms with E-state index in [0.717, 1.165) is 17.8 Å². The number of nitrogens with one attached hydrogen (secondary N) is 2. The summed E-state index contributed by atoms with van der Waals surface area (Å²) >= 11 is 0. The molecule has 4 rings (SSSR count). The van der Waals surface area contributed by atoms with Crippen LogP contribution >= 0.6 is 0 Å². The summed E-state index contributed by atoms with van der Waals surface area (Å²) in [5.74, 6) is -0.357. The van der Waals surface area contributed by atoms with Crippen LogP contribution in [0.25, 0.3) is 0 Å². The summed E-state index contributed by atoms with van der Waals surface area (Å²) in [6.07, 6.45) is 3.97. The van der Waals surface area contributed by atoms with E-state index in [1.807, 2.05) is 9.80 Å². The molecule has 3 aliphatic rings. The molecule has 3 aliphatic heterocycles. The van der Waals surface area contributed by atoms with E-state index in [2.05, 4.69) is 15.3 Å². The average Bonchev–Trinajstić information content (AvgIpc) is 3.32. The highest BCUT2D eigenvalue weighted by atomic mass is 16.5. The molecule has 0 bridgehead atoms. The lowest BCUT2D eigenvalue weighted by Crippen LogP contribution is -2.60. The Labute approximate surface area is 157 Å². The highest BCUT2D eigenvalue weighted by molar-refractivity contribution is 5.89. The molecule has 9 nitrogen and oxygen atoms in total. The van der Waals surface area contributed by atoms with E-state index < -0.39 is 5.54 Å². The number of rotatable bonds is 3. The molecule has 3 amide bonds. The summed E-state index contributed by atoms with van der Waals surface area (Å²) in [5, 5.41) is 2.72. The normalized spacial score (nSPS) is 24.0. The number of carbonyl (C=O) groups excluding carboxylic acids is 3. The van der Waals surface area contributed by atoms with Gasteiger partial charge in [-0.25, -0.2) is 4.98 Å². The van der Waals surface area contributed by atoms with Crippen molar-refractivity contribution in [3.63, 3.8) is 0 Å². The van der Waals surface area contributed by atoms with E-state index in [9.17, 15) is 14.4 Å². The third-order valence-electron chi connectivity index (χ3n) is 6.06. The molecule has 2 fully saturated rings. The van der Waals surface area contributed by atoms with Crippen LogP contribution in [0, 0.1) is 5.92 Å². The summed E-state index contributed by atoms with van der Waals surface area (Å²) in [7, 11) is 1.52. The molecule has 0 saturated carbocycles. The first-order valence-corrected chi connectivity index (χ1v) is 9.43. The number of H-pyrrole nitrogens is 1. The molecule has 9 heteroatoms. The molecule has 2 N–H and O–H groups in total. The third-order valence-corrected chi connectivity index (χ3v) is 6.06. The monoisotopic (exact) mass is 375 g/mol. The lowest BCUT2D eigenvalue weighted by atomic mass is 9.78. The van der Waals surface area contributed by atoms with Crippen LogP contribution in [0.3, 0.4) is 0 Å². The minimum Gasteiger partial charge on any atom is -0.375 e. The van der Waals surface area contributed by atoms with Gasteiger partial charge < -0.3 is 24.8 Å². The second kappa shape index (κ2) is 6.95. The molecular formula is C18H25N5O4. The van der Waals surface area contributed by atoms with Crippen molar-refractivity contribution in [2.45, 2.75) is 31.2 Å². The number of carbonyl (C=O) groups is 3. The molecule has 1 unspecified atom stereocenters. The molecule has 1 spiro atoms. The number of imidazole rings is 1. The van der Waals surface area contributed by atoms with Gasteiger partial charge >= 0.3 is 0 Å². The van der Waals surface area contributed by atoms with Crippen molar-refractivity contribution in [1.29, 1.82) is 0 Å². The maximum atomic E-state index is 12.7. The van der Waals surface area contributed by atoms with E-state index in [4.69, 9.17) is 4.74 Å². The van der Waals surface area contributed by atoms with Crippen molar-refractivity contribution < 1.29 is 19.1 Å². The van der Waals surface area contributed by atoms with Crippen molar-refractivity contribution >= 4 is 17.7 Å². The molecular weight excluding hydrogens is 350 g/mol. The summed E-state index contributed by atoms with van der Waals surface area (Å²) in [6, 6.07) is 0. The maximum Gasteiger partial charge on any atom is 0.249 e. The molecule has 1 atom stereocenters. The highest BCUT2D eigenvalue weighted by Gasteiger charge is 2.49. The Morgan fingerprint density at radius 1 is 1.33 bits per heavy atom. The van der Waals surface area contributed by atoms with Gasteiger partial charge in [-0.05, 0) is 12.8 Å². The molecule has 27 heavy (non-hydrogen) atoms. The number of nitrogens with zero attached hydrogens (tertiary/aromatic N) is 3. The van der Waals surface area contributed by atoms with Crippen LogP contribution in [0.2, 0.25) is 0 Å². The van der Waals surface area contributed by atoms with E-state index in [1.54, 1.807) is 6.33 Å². The van der Waals surface area contributed by atoms with Gasteiger partial charge in [-0.15, -0.1) is 0 Å². The van der Waals surface area contributed by atoms with Gasteiger partial charge in [0.1, 0.15) is 6.61 Å². The van der Waals surface area contributed by atoms with Gasteiger partial charge in [-0.3, -0.25) is 14.4 Å². The predicted molar refractivity (Wildman–Crippen MR) is 94.5 cm³/mol. The zero-order chi connectivity index (χ0) is 19.0. The molecule has 0 radical (unpaired) electrons. The van der Waals surface area contributed by atoms with Crippen molar-refractivity contribution in [1.82, 2.24) is 25.1 Å². The summed E-state index contributed by atoms with van der Waals surface area (Å²) in [4.78, 5) is 48.3. The van der Waals surface area contributed by atoms with E-state index in [1.165, 1.54) is 7.11 Å². The second-order valence-electron chi connectivity index (χ2n) is 7.52. The Hall–Kier alpha value is -2.42. The van der Waals surface area contributed by atoms with Crippen LogP contribution in [0.1, 0.15) is 30.7 Å². The van der Waals surface area contributed by atoms with E-state index in [0.29, 0.717) is 39.0 Å². The van der Waals surface area contributed by atoms with Crippen LogP contribution in [-0.2, 0) is 31.1 Å². The molecule has 1 aromatic rings. The molecule has 0 aromatic carbocycles. The SMILES string of the molecule is COCC(=O)N1CCc2[nH]cnc2C12CCN(C(=O)C1CNC(=O)C1)CC2. The predicted octanol–water partition coefficient (Wildman–Crippen LogP) is -0.605. The minimum absolute atomic E-state index is 0.0241. The molecule has 4 heterocycles. The van der Waals surface area contributed by atoms with Gasteiger partial charge in [0.15, 0.2) is 0 Å². The number of hydrogen-bond acceptors (Lipinski definition) is 5. The zero-order valence-electron chi connectivity index (χ0n) is 15.5. The number of fused-ring (bicyclic) bond motifs is 2. The summed E-state index contributed by atoms with van der Waals surface area (Å²) in [6.45, 7) is 2.17. The molecule has 0 aliphatic carbocycles. The topological polar surface area (TPSA) is 108 Å². The molecule has 1 aromatic heterocycles. The Morgan fingerprint density at radius 2 is 2.11 bits per heavy atom. The van der Waals surface area contributed by atoms with Gasteiger partial charge in [0, 0.05) is 51.8 Å². The Bertz CT molecular complexity index is 753. The van der Waals surface area contributed by atoms with Crippen molar-refractivity contribution in [2.24, 2.45) is 5.92 Å². The third kappa shape index (κ3) is 2.99.